The number of hydrogen-bond donors (Lipinski definition) is 2. The molecule has 1 rings (SSSR count). The zero-order valence-electron chi connectivity index (χ0n) is 12.8. The summed E-state index contributed by atoms with van der Waals surface area (Å²) in [5.41, 5.74) is -1.46. The number of esters is 1. The van der Waals surface area contributed by atoms with E-state index in [-0.39, 0.29) is 13.2 Å². The molecule has 132 valence electrons. The van der Waals surface area contributed by atoms with Gasteiger partial charge < -0.3 is 14.9 Å². The molecule has 1 atom stereocenters. The van der Waals surface area contributed by atoms with Crippen LogP contribution in [-0.2, 0) is 9.53 Å². The van der Waals surface area contributed by atoms with Gasteiger partial charge in [0.1, 0.15) is 17.1 Å². The molecule has 24 heavy (non-hydrogen) atoms. The number of aliphatic hydroxyl groups excluding tert-OH is 2. The molecular formula is C15H15BrF3NO4. The molecule has 0 fully saturated rings. The second-order valence-electron chi connectivity index (χ2n) is 4.64. The largest absolute Gasteiger partial charge is 0.506 e. The summed E-state index contributed by atoms with van der Waals surface area (Å²) >= 11 is 2.53. The third-order valence-corrected chi connectivity index (χ3v) is 3.56. The molecule has 0 saturated carbocycles. The number of aliphatic hydroxyl groups is 2. The van der Waals surface area contributed by atoms with Crippen LogP contribution in [0, 0.1) is 17.5 Å². The first-order valence-corrected chi connectivity index (χ1v) is 7.61. The zero-order chi connectivity index (χ0) is 18.4. The van der Waals surface area contributed by atoms with Gasteiger partial charge in [0.15, 0.2) is 11.6 Å². The Labute approximate surface area is 144 Å². The lowest BCUT2D eigenvalue weighted by molar-refractivity contribution is -0.137. The molecule has 0 radical (unpaired) electrons. The first-order chi connectivity index (χ1) is 11.2. The van der Waals surface area contributed by atoms with Crippen LogP contribution in [0.4, 0.5) is 13.2 Å². The Balaban J connectivity index is 3.53. The standard InChI is InChI=1S/C15H15BrF3NO4/c1-3-24-15(23)9(5-20-7(2)6-21)14(22)8-4-10(17)11(16)13(19)12(8)18/h4-5,7,21-22H,3,6H2,1-2H3/b14-9+,20-5?/t7-/m1/s1. The number of hydrogen-bond acceptors (Lipinski definition) is 5. The maximum atomic E-state index is 14.0. The molecule has 2 N–H and O–H groups in total. The lowest BCUT2D eigenvalue weighted by atomic mass is 10.1. The summed E-state index contributed by atoms with van der Waals surface area (Å²) in [6.07, 6.45) is 0.853. The van der Waals surface area contributed by atoms with Crippen LogP contribution < -0.4 is 0 Å². The van der Waals surface area contributed by atoms with E-state index < -0.39 is 50.8 Å². The quantitative estimate of drug-likeness (QED) is 0.189. The van der Waals surface area contributed by atoms with Gasteiger partial charge in [-0.05, 0) is 35.8 Å². The van der Waals surface area contributed by atoms with E-state index in [1.807, 2.05) is 0 Å². The maximum Gasteiger partial charge on any atom is 0.343 e. The van der Waals surface area contributed by atoms with E-state index in [0.717, 1.165) is 6.21 Å². The van der Waals surface area contributed by atoms with Crippen molar-refractivity contribution in [2.75, 3.05) is 13.2 Å². The minimum Gasteiger partial charge on any atom is -0.506 e. The first-order valence-electron chi connectivity index (χ1n) is 6.82. The molecule has 5 nitrogen and oxygen atoms in total. The van der Waals surface area contributed by atoms with Gasteiger partial charge in [-0.3, -0.25) is 4.99 Å². The van der Waals surface area contributed by atoms with Crippen molar-refractivity contribution >= 4 is 33.9 Å². The van der Waals surface area contributed by atoms with Crippen molar-refractivity contribution in [2.24, 2.45) is 4.99 Å². The molecule has 1 aromatic rings. The predicted octanol–water partition coefficient (Wildman–Crippen LogP) is 3.15. The minimum atomic E-state index is -1.56. The number of carbonyl (C=O) groups excluding carboxylic acids is 1. The molecule has 0 spiro atoms. The van der Waals surface area contributed by atoms with Crippen molar-refractivity contribution in [3.8, 4) is 0 Å². The van der Waals surface area contributed by atoms with Crippen LogP contribution in [0.3, 0.4) is 0 Å². The summed E-state index contributed by atoms with van der Waals surface area (Å²) in [5, 5.41) is 19.0. The van der Waals surface area contributed by atoms with Crippen molar-refractivity contribution in [1.82, 2.24) is 0 Å². The van der Waals surface area contributed by atoms with Crippen LogP contribution in [0.5, 0.6) is 0 Å². The fourth-order valence-corrected chi connectivity index (χ4v) is 1.85. The SMILES string of the molecule is CCOC(=O)/C(C=N[C@H](C)CO)=C(/O)c1cc(F)c(Br)c(F)c1F. The lowest BCUT2D eigenvalue weighted by Crippen LogP contribution is -2.14. The second-order valence-corrected chi connectivity index (χ2v) is 5.43. The Morgan fingerprint density at radius 2 is 2.04 bits per heavy atom. The summed E-state index contributed by atoms with van der Waals surface area (Å²) in [7, 11) is 0. The molecule has 0 amide bonds. The molecule has 9 heteroatoms. The van der Waals surface area contributed by atoms with Crippen molar-refractivity contribution in [3.05, 3.63) is 39.1 Å². The molecular weight excluding hydrogens is 395 g/mol. The Morgan fingerprint density at radius 1 is 1.42 bits per heavy atom. The topological polar surface area (TPSA) is 79.1 Å². The van der Waals surface area contributed by atoms with Gasteiger partial charge in [-0.15, -0.1) is 0 Å². The number of ether oxygens (including phenoxy) is 1. The average Bonchev–Trinajstić information content (AvgIpc) is 2.56. The van der Waals surface area contributed by atoms with E-state index >= 15 is 0 Å². The lowest BCUT2D eigenvalue weighted by Gasteiger charge is -2.10. The third-order valence-electron chi connectivity index (χ3n) is 2.83. The summed E-state index contributed by atoms with van der Waals surface area (Å²) in [5.74, 6) is -6.37. The highest BCUT2D eigenvalue weighted by atomic mass is 79.9. The van der Waals surface area contributed by atoms with E-state index in [2.05, 4.69) is 20.9 Å². The number of rotatable bonds is 6. The van der Waals surface area contributed by atoms with Crippen LogP contribution in [0.15, 0.2) is 21.1 Å². The fraction of sp³-hybridized carbons (Fsp3) is 0.333. The van der Waals surface area contributed by atoms with E-state index in [4.69, 9.17) is 9.84 Å². The van der Waals surface area contributed by atoms with Crippen LogP contribution in [0.25, 0.3) is 5.76 Å². The number of nitrogens with zero attached hydrogens (tertiary/aromatic N) is 1. The van der Waals surface area contributed by atoms with Crippen LogP contribution >= 0.6 is 15.9 Å². The molecule has 0 aliphatic rings. The monoisotopic (exact) mass is 409 g/mol. The first kappa shape index (κ1) is 20.2. The van der Waals surface area contributed by atoms with Crippen LogP contribution in [-0.4, -0.2) is 41.7 Å². The molecule has 0 bridgehead atoms. The molecule has 0 aliphatic heterocycles. The van der Waals surface area contributed by atoms with Crippen LogP contribution in [0.2, 0.25) is 0 Å². The number of aliphatic imine (C=N–C) groups is 1. The predicted molar refractivity (Wildman–Crippen MR) is 85.2 cm³/mol. The molecule has 0 aliphatic carbocycles. The highest BCUT2D eigenvalue weighted by Gasteiger charge is 2.24. The molecule has 1 aromatic carbocycles. The van der Waals surface area contributed by atoms with Crippen molar-refractivity contribution < 1.29 is 32.9 Å². The average molecular weight is 410 g/mol. The van der Waals surface area contributed by atoms with E-state index in [1.165, 1.54) is 13.8 Å². The Morgan fingerprint density at radius 3 is 2.58 bits per heavy atom. The van der Waals surface area contributed by atoms with E-state index in [0.29, 0.717) is 6.07 Å². The van der Waals surface area contributed by atoms with Gasteiger partial charge in [0.25, 0.3) is 0 Å². The van der Waals surface area contributed by atoms with Gasteiger partial charge in [0.2, 0.25) is 0 Å². The number of halogens is 4. The Hall–Kier alpha value is -1.87. The summed E-state index contributed by atoms with van der Waals surface area (Å²) in [6.45, 7) is 2.61. The summed E-state index contributed by atoms with van der Waals surface area (Å²) in [6, 6.07) is -0.0918. The van der Waals surface area contributed by atoms with Gasteiger partial charge in [-0.1, -0.05) is 0 Å². The van der Waals surface area contributed by atoms with E-state index in [1.54, 1.807) is 0 Å². The molecule has 0 unspecified atom stereocenters. The Kier molecular flexibility index (Phi) is 7.43. The van der Waals surface area contributed by atoms with E-state index in [9.17, 15) is 23.1 Å². The zero-order valence-corrected chi connectivity index (χ0v) is 14.4. The van der Waals surface area contributed by atoms with Crippen molar-refractivity contribution in [1.29, 1.82) is 0 Å². The summed E-state index contributed by atoms with van der Waals surface area (Å²) in [4.78, 5) is 15.7. The summed E-state index contributed by atoms with van der Waals surface area (Å²) < 4.78 is 45.1. The van der Waals surface area contributed by atoms with Gasteiger partial charge in [0.05, 0.1) is 29.3 Å². The van der Waals surface area contributed by atoms with Gasteiger partial charge in [0, 0.05) is 6.21 Å². The van der Waals surface area contributed by atoms with Crippen molar-refractivity contribution in [2.45, 2.75) is 19.9 Å². The van der Waals surface area contributed by atoms with Gasteiger partial charge in [-0.2, -0.15) is 0 Å². The van der Waals surface area contributed by atoms with Crippen LogP contribution in [0.1, 0.15) is 19.4 Å². The molecule has 0 saturated heterocycles. The van der Waals surface area contributed by atoms with Crippen molar-refractivity contribution in [3.63, 3.8) is 0 Å². The highest BCUT2D eigenvalue weighted by Crippen LogP contribution is 2.29. The fourth-order valence-electron chi connectivity index (χ4n) is 1.56. The normalized spacial score (nSPS) is 13.8. The smallest absolute Gasteiger partial charge is 0.343 e. The Bertz CT molecular complexity index is 692. The third kappa shape index (κ3) is 4.57. The van der Waals surface area contributed by atoms with Gasteiger partial charge in [-0.25, -0.2) is 18.0 Å². The maximum absolute atomic E-state index is 14.0. The number of benzene rings is 1. The van der Waals surface area contributed by atoms with Gasteiger partial charge >= 0.3 is 5.97 Å². The number of carbonyl (C=O) groups is 1. The minimum absolute atomic E-state index is 0.0510. The molecule has 0 aromatic heterocycles. The highest BCUT2D eigenvalue weighted by molar-refractivity contribution is 9.10. The molecule has 0 heterocycles. The second kappa shape index (κ2) is 8.84.